The molecule has 4 saturated carbocycles. The van der Waals surface area contributed by atoms with Crippen LogP contribution in [0.15, 0.2) is 0 Å². The molecule has 0 N–H and O–H groups in total. The number of nitrogens with zero attached hydrogens (tertiary/aromatic N) is 2. The molecule has 4 aliphatic carbocycles. The molecule has 0 saturated heterocycles. The lowest BCUT2D eigenvalue weighted by molar-refractivity contribution is -0.890. The maximum Gasteiger partial charge on any atom is 0.312 e. The van der Waals surface area contributed by atoms with E-state index in [1.165, 1.54) is 128 Å². The van der Waals surface area contributed by atoms with Gasteiger partial charge in [-0.3, -0.25) is 9.59 Å². The predicted octanol–water partition coefficient (Wildman–Crippen LogP) is 10.7. The summed E-state index contributed by atoms with van der Waals surface area (Å²) >= 11 is 0. The largest absolute Gasteiger partial charge is 0.459 e. The molecule has 0 unspecified atom stereocenters. The summed E-state index contributed by atoms with van der Waals surface area (Å²) in [6.07, 6.45) is 32.5. The Morgan fingerprint density at radius 2 is 0.780 bits per heavy atom. The predicted molar refractivity (Wildman–Crippen MR) is 209 cm³/mol. The second kappa shape index (κ2) is 22.2. The van der Waals surface area contributed by atoms with Gasteiger partial charge in [0.1, 0.15) is 26.3 Å². The monoisotopic (exact) mass is 705 g/mol. The Bertz CT molecular complexity index is 876. The molecular weight excluding hydrogens is 620 g/mol. The number of hydrogen-bond donors (Lipinski definition) is 0. The molecule has 4 bridgehead atoms. The van der Waals surface area contributed by atoms with Gasteiger partial charge in [-0.25, -0.2) is 0 Å². The van der Waals surface area contributed by atoms with Gasteiger partial charge in [0.2, 0.25) is 0 Å². The minimum Gasteiger partial charge on any atom is -0.459 e. The SMILES string of the molecule is CCCCCCCCCCCC[N+](C)(C)CCOC(=O)C12CC3CC(C1)CC(C(=O)OCC[N+](C)(C)CCCCCCCCCCCC)(C3)C2. The zero-order chi connectivity index (χ0) is 36.4. The molecule has 0 spiro atoms. The minimum atomic E-state index is -0.484. The van der Waals surface area contributed by atoms with Gasteiger partial charge in [0, 0.05) is 0 Å². The van der Waals surface area contributed by atoms with Gasteiger partial charge in [0.25, 0.3) is 0 Å². The van der Waals surface area contributed by atoms with E-state index in [1.807, 2.05) is 0 Å². The van der Waals surface area contributed by atoms with Gasteiger partial charge in [0.15, 0.2) is 0 Å². The van der Waals surface area contributed by atoms with Crippen molar-refractivity contribution in [2.24, 2.45) is 22.7 Å². The number of carbonyl (C=O) groups is 2. The van der Waals surface area contributed by atoms with Crippen molar-refractivity contribution in [2.75, 3.05) is 67.6 Å². The Balaban J connectivity index is 1.33. The molecule has 0 atom stereocenters. The Kier molecular flexibility index (Phi) is 19.2. The summed E-state index contributed by atoms with van der Waals surface area (Å²) in [5, 5.41) is 0. The van der Waals surface area contributed by atoms with Crippen LogP contribution in [0, 0.1) is 22.7 Å². The molecule has 0 aromatic rings. The van der Waals surface area contributed by atoms with Crippen molar-refractivity contribution in [1.82, 2.24) is 0 Å². The molecule has 0 aromatic heterocycles. The fraction of sp³-hybridized carbons (Fsp3) is 0.955. The quantitative estimate of drug-likeness (QED) is 0.0424. The second-order valence-electron chi connectivity index (χ2n) is 18.9. The lowest BCUT2D eigenvalue weighted by Gasteiger charge is -2.59. The second-order valence-corrected chi connectivity index (χ2v) is 18.9. The van der Waals surface area contributed by atoms with E-state index in [9.17, 15) is 9.59 Å². The van der Waals surface area contributed by atoms with Gasteiger partial charge in [-0.1, -0.05) is 117 Å². The molecule has 4 aliphatic rings. The number of ether oxygens (including phenoxy) is 2. The van der Waals surface area contributed by atoms with Crippen molar-refractivity contribution in [3.63, 3.8) is 0 Å². The number of rotatable bonds is 30. The van der Waals surface area contributed by atoms with E-state index in [1.54, 1.807) is 0 Å². The summed E-state index contributed by atoms with van der Waals surface area (Å²) in [6, 6.07) is 0. The standard InChI is InChI=1S/C44H84N2O4/c1-7-9-11-13-15-17-19-21-23-25-27-45(3,4)29-31-49-41(47)43-34-39-33-40(35-43)37-44(36-39,38-43)42(48)50-32-30-46(5,6)28-26-24-22-20-18-16-14-12-10-8-2/h39-40H,7-38H2,1-6H3/q+2. The third kappa shape index (κ3) is 15.1. The zero-order valence-corrected chi connectivity index (χ0v) is 34.3. The summed E-state index contributed by atoms with van der Waals surface area (Å²) in [5.41, 5.74) is -0.969. The first-order valence-electron chi connectivity index (χ1n) is 21.9. The number of carbonyl (C=O) groups excluding carboxylic acids is 2. The lowest BCUT2D eigenvalue weighted by Crippen LogP contribution is -2.58. The fourth-order valence-corrected chi connectivity index (χ4v) is 10.1. The summed E-state index contributed by atoms with van der Waals surface area (Å²) in [6.45, 7) is 9.49. The van der Waals surface area contributed by atoms with E-state index in [-0.39, 0.29) is 11.9 Å². The van der Waals surface area contributed by atoms with Crippen LogP contribution in [0.2, 0.25) is 0 Å². The molecular formula is C44H84N2O4+2. The Morgan fingerprint density at radius 1 is 0.480 bits per heavy atom. The van der Waals surface area contributed by atoms with E-state index < -0.39 is 10.8 Å². The summed E-state index contributed by atoms with van der Waals surface area (Å²) in [4.78, 5) is 27.6. The van der Waals surface area contributed by atoms with E-state index in [0.29, 0.717) is 31.5 Å². The van der Waals surface area contributed by atoms with Gasteiger partial charge in [-0.2, -0.15) is 0 Å². The highest BCUT2D eigenvalue weighted by molar-refractivity contribution is 5.83. The van der Waals surface area contributed by atoms with Crippen LogP contribution in [-0.4, -0.2) is 88.5 Å². The molecule has 4 fully saturated rings. The summed E-state index contributed by atoms with van der Waals surface area (Å²) < 4.78 is 14.0. The van der Waals surface area contributed by atoms with Crippen LogP contribution in [-0.2, 0) is 19.1 Å². The van der Waals surface area contributed by atoms with Crippen molar-refractivity contribution in [3.8, 4) is 0 Å². The van der Waals surface area contributed by atoms with E-state index in [2.05, 4.69) is 42.0 Å². The van der Waals surface area contributed by atoms with E-state index in [4.69, 9.17) is 9.47 Å². The number of quaternary nitrogens is 2. The third-order valence-electron chi connectivity index (χ3n) is 13.0. The topological polar surface area (TPSA) is 52.6 Å². The van der Waals surface area contributed by atoms with Gasteiger partial charge in [0.05, 0.1) is 52.1 Å². The third-order valence-corrected chi connectivity index (χ3v) is 13.0. The van der Waals surface area contributed by atoms with Crippen LogP contribution in [0.1, 0.15) is 181 Å². The van der Waals surface area contributed by atoms with Crippen molar-refractivity contribution in [2.45, 2.75) is 181 Å². The fourth-order valence-electron chi connectivity index (χ4n) is 10.1. The van der Waals surface area contributed by atoms with Crippen LogP contribution in [0.3, 0.4) is 0 Å². The first kappa shape index (κ1) is 43.3. The van der Waals surface area contributed by atoms with Crippen molar-refractivity contribution >= 4 is 11.9 Å². The zero-order valence-electron chi connectivity index (χ0n) is 34.3. The smallest absolute Gasteiger partial charge is 0.312 e. The first-order chi connectivity index (χ1) is 23.9. The Morgan fingerprint density at radius 3 is 1.10 bits per heavy atom. The maximum atomic E-state index is 13.8. The Hall–Kier alpha value is -1.14. The van der Waals surface area contributed by atoms with Gasteiger partial charge < -0.3 is 18.4 Å². The first-order valence-corrected chi connectivity index (χ1v) is 21.9. The summed E-state index contributed by atoms with van der Waals surface area (Å²) in [7, 11) is 9.09. The number of likely N-dealkylation sites (N-methyl/N-ethyl adjacent to an activating group) is 2. The molecule has 4 rings (SSSR count). The Labute approximate surface area is 310 Å². The molecule has 6 nitrogen and oxygen atoms in total. The van der Waals surface area contributed by atoms with E-state index in [0.717, 1.165) is 67.2 Å². The number of hydrogen-bond acceptors (Lipinski definition) is 4. The van der Waals surface area contributed by atoms with Crippen LogP contribution in [0.4, 0.5) is 0 Å². The normalized spacial score (nSPS) is 24.5. The molecule has 0 heterocycles. The molecule has 50 heavy (non-hydrogen) atoms. The number of unbranched alkanes of at least 4 members (excludes halogenated alkanes) is 18. The molecule has 0 aromatic carbocycles. The number of esters is 2. The van der Waals surface area contributed by atoms with Gasteiger partial charge >= 0.3 is 11.9 Å². The highest BCUT2D eigenvalue weighted by Crippen LogP contribution is 2.66. The van der Waals surface area contributed by atoms with Gasteiger partial charge in [-0.15, -0.1) is 0 Å². The minimum absolute atomic E-state index is 0.0306. The highest BCUT2D eigenvalue weighted by atomic mass is 16.5. The maximum absolute atomic E-state index is 13.8. The van der Waals surface area contributed by atoms with Gasteiger partial charge in [-0.05, 0) is 76.0 Å². The van der Waals surface area contributed by atoms with Crippen molar-refractivity contribution < 1.29 is 28.0 Å². The molecule has 292 valence electrons. The average Bonchev–Trinajstić information content (AvgIpc) is 3.05. The average molecular weight is 705 g/mol. The molecule has 0 aliphatic heterocycles. The molecule has 6 heteroatoms. The molecule has 0 amide bonds. The van der Waals surface area contributed by atoms with Crippen molar-refractivity contribution in [1.29, 1.82) is 0 Å². The van der Waals surface area contributed by atoms with Crippen LogP contribution in [0.5, 0.6) is 0 Å². The van der Waals surface area contributed by atoms with Crippen LogP contribution in [0.25, 0.3) is 0 Å². The highest BCUT2D eigenvalue weighted by Gasteiger charge is 2.64. The van der Waals surface area contributed by atoms with Crippen LogP contribution < -0.4 is 0 Å². The lowest BCUT2D eigenvalue weighted by atomic mass is 9.44. The summed E-state index contributed by atoms with van der Waals surface area (Å²) in [5.74, 6) is 0.834. The molecule has 0 radical (unpaired) electrons. The van der Waals surface area contributed by atoms with Crippen LogP contribution >= 0.6 is 0 Å². The van der Waals surface area contributed by atoms with Crippen molar-refractivity contribution in [3.05, 3.63) is 0 Å². The van der Waals surface area contributed by atoms with E-state index >= 15 is 0 Å².